The quantitative estimate of drug-likeness (QED) is 0.687. The standard InChI is InChI=1S/C21H28FNO5/c1-4-14(2)18(19(25)27-3)23-17(24)13-28-20(26)21(11-5-6-12-21)15-7-9-16(22)10-8-15/h7-10,14,18H,4-6,11-13H2,1-3H3,(H,23,24)/t14-,18-/m0/s1. The SMILES string of the molecule is CC[C@H](C)[C@H](NC(=O)COC(=O)C1(c2ccc(F)cc2)CCCC1)C(=O)OC. The number of rotatable bonds is 8. The first-order valence-electron chi connectivity index (χ1n) is 9.64. The van der Waals surface area contributed by atoms with Gasteiger partial charge in [-0.3, -0.25) is 9.59 Å². The molecule has 1 aliphatic rings. The number of esters is 2. The Labute approximate surface area is 164 Å². The van der Waals surface area contributed by atoms with E-state index in [0.29, 0.717) is 24.8 Å². The predicted molar refractivity (Wildman–Crippen MR) is 101 cm³/mol. The van der Waals surface area contributed by atoms with E-state index in [-0.39, 0.29) is 11.7 Å². The summed E-state index contributed by atoms with van der Waals surface area (Å²) in [5.41, 5.74) is -0.157. The van der Waals surface area contributed by atoms with Crippen LogP contribution in [0.2, 0.25) is 0 Å². The average Bonchev–Trinajstić information content (AvgIpc) is 3.20. The van der Waals surface area contributed by atoms with Gasteiger partial charge in [-0.1, -0.05) is 45.2 Å². The summed E-state index contributed by atoms with van der Waals surface area (Å²) < 4.78 is 23.3. The molecule has 1 aromatic rings. The van der Waals surface area contributed by atoms with Crippen molar-refractivity contribution in [2.24, 2.45) is 5.92 Å². The van der Waals surface area contributed by atoms with Crippen LogP contribution in [0.1, 0.15) is 51.5 Å². The number of amides is 1. The molecule has 28 heavy (non-hydrogen) atoms. The van der Waals surface area contributed by atoms with Crippen LogP contribution in [-0.4, -0.2) is 37.6 Å². The molecule has 0 bridgehead atoms. The molecule has 0 aromatic heterocycles. The van der Waals surface area contributed by atoms with Crippen LogP contribution in [-0.2, 0) is 29.3 Å². The van der Waals surface area contributed by atoms with Crippen LogP contribution >= 0.6 is 0 Å². The van der Waals surface area contributed by atoms with Crippen molar-refractivity contribution in [2.45, 2.75) is 57.4 Å². The fraction of sp³-hybridized carbons (Fsp3) is 0.571. The molecule has 0 aliphatic heterocycles. The summed E-state index contributed by atoms with van der Waals surface area (Å²) >= 11 is 0. The maximum absolute atomic E-state index is 13.3. The van der Waals surface area contributed by atoms with Gasteiger partial charge in [0.25, 0.3) is 5.91 Å². The predicted octanol–water partition coefficient (Wildman–Crippen LogP) is 2.88. The Kier molecular flexibility index (Phi) is 7.54. The molecule has 0 spiro atoms. The molecular weight excluding hydrogens is 365 g/mol. The summed E-state index contributed by atoms with van der Waals surface area (Å²) in [5, 5.41) is 2.58. The highest BCUT2D eigenvalue weighted by molar-refractivity contribution is 5.88. The summed E-state index contributed by atoms with van der Waals surface area (Å²) in [5.74, 6) is -2.08. The highest BCUT2D eigenvalue weighted by Gasteiger charge is 2.44. The minimum absolute atomic E-state index is 0.118. The monoisotopic (exact) mass is 393 g/mol. The first kappa shape index (κ1) is 21.9. The van der Waals surface area contributed by atoms with Gasteiger partial charge in [0.15, 0.2) is 6.61 Å². The van der Waals surface area contributed by atoms with Gasteiger partial charge in [-0.2, -0.15) is 0 Å². The molecule has 154 valence electrons. The highest BCUT2D eigenvalue weighted by atomic mass is 19.1. The third-order valence-corrected chi connectivity index (χ3v) is 5.56. The van der Waals surface area contributed by atoms with Gasteiger partial charge in [-0.05, 0) is 36.5 Å². The topological polar surface area (TPSA) is 81.7 Å². The van der Waals surface area contributed by atoms with Gasteiger partial charge in [-0.25, -0.2) is 9.18 Å². The summed E-state index contributed by atoms with van der Waals surface area (Å²) in [6, 6.07) is 5.04. The third-order valence-electron chi connectivity index (χ3n) is 5.56. The van der Waals surface area contributed by atoms with Gasteiger partial charge in [0.1, 0.15) is 11.9 Å². The van der Waals surface area contributed by atoms with Gasteiger partial charge in [0, 0.05) is 0 Å². The average molecular weight is 393 g/mol. The molecule has 1 aliphatic carbocycles. The summed E-state index contributed by atoms with van der Waals surface area (Å²) in [4.78, 5) is 37.0. The molecule has 2 rings (SSSR count). The normalized spacial score (nSPS) is 17.4. The van der Waals surface area contributed by atoms with Crippen molar-refractivity contribution >= 4 is 17.8 Å². The van der Waals surface area contributed by atoms with Gasteiger partial charge < -0.3 is 14.8 Å². The number of hydrogen-bond acceptors (Lipinski definition) is 5. The molecule has 1 N–H and O–H groups in total. The molecule has 7 heteroatoms. The summed E-state index contributed by atoms with van der Waals surface area (Å²) in [6.07, 6.45) is 3.58. The molecule has 0 radical (unpaired) electrons. The first-order valence-corrected chi connectivity index (χ1v) is 9.64. The van der Waals surface area contributed by atoms with E-state index in [0.717, 1.165) is 12.8 Å². The van der Waals surface area contributed by atoms with Crippen molar-refractivity contribution in [3.05, 3.63) is 35.6 Å². The molecular formula is C21H28FNO5. The van der Waals surface area contributed by atoms with E-state index >= 15 is 0 Å². The van der Waals surface area contributed by atoms with Gasteiger partial charge in [0.2, 0.25) is 0 Å². The molecule has 2 atom stereocenters. The van der Waals surface area contributed by atoms with Crippen molar-refractivity contribution in [3.63, 3.8) is 0 Å². The van der Waals surface area contributed by atoms with Gasteiger partial charge >= 0.3 is 11.9 Å². The van der Waals surface area contributed by atoms with E-state index in [1.54, 1.807) is 12.1 Å². The number of benzene rings is 1. The first-order chi connectivity index (χ1) is 13.3. The second-order valence-electron chi connectivity index (χ2n) is 7.33. The maximum atomic E-state index is 13.3. The molecule has 0 unspecified atom stereocenters. The van der Waals surface area contributed by atoms with Crippen LogP contribution in [0.25, 0.3) is 0 Å². The zero-order valence-electron chi connectivity index (χ0n) is 16.6. The van der Waals surface area contributed by atoms with Crippen LogP contribution in [0.15, 0.2) is 24.3 Å². The molecule has 1 aromatic carbocycles. The number of hydrogen-bond donors (Lipinski definition) is 1. The van der Waals surface area contributed by atoms with Crippen LogP contribution in [0.4, 0.5) is 4.39 Å². The largest absolute Gasteiger partial charge is 0.467 e. The molecule has 1 saturated carbocycles. The second-order valence-corrected chi connectivity index (χ2v) is 7.33. The Balaban J connectivity index is 2.03. The molecule has 0 heterocycles. The van der Waals surface area contributed by atoms with Crippen molar-refractivity contribution in [3.8, 4) is 0 Å². The molecule has 1 fully saturated rings. The van der Waals surface area contributed by atoms with Crippen molar-refractivity contribution < 1.29 is 28.2 Å². The lowest BCUT2D eigenvalue weighted by Gasteiger charge is -2.27. The highest BCUT2D eigenvalue weighted by Crippen LogP contribution is 2.42. The zero-order valence-corrected chi connectivity index (χ0v) is 16.6. The Morgan fingerprint density at radius 2 is 1.79 bits per heavy atom. The lowest BCUT2D eigenvalue weighted by molar-refractivity contribution is -0.155. The Morgan fingerprint density at radius 1 is 1.18 bits per heavy atom. The molecule has 0 saturated heterocycles. The summed E-state index contributed by atoms with van der Waals surface area (Å²) in [7, 11) is 1.26. The Bertz CT molecular complexity index is 697. The number of carbonyl (C=O) groups is 3. The Morgan fingerprint density at radius 3 is 2.32 bits per heavy atom. The van der Waals surface area contributed by atoms with Crippen molar-refractivity contribution in [1.82, 2.24) is 5.32 Å². The van der Waals surface area contributed by atoms with Crippen molar-refractivity contribution in [2.75, 3.05) is 13.7 Å². The number of ether oxygens (including phenoxy) is 2. The van der Waals surface area contributed by atoms with Crippen molar-refractivity contribution in [1.29, 1.82) is 0 Å². The number of carbonyl (C=O) groups excluding carboxylic acids is 3. The van der Waals surface area contributed by atoms with Crippen LogP contribution < -0.4 is 5.32 Å². The maximum Gasteiger partial charge on any atom is 0.328 e. The Hall–Kier alpha value is -2.44. The van der Waals surface area contributed by atoms with E-state index in [2.05, 4.69) is 5.32 Å². The van der Waals surface area contributed by atoms with Gasteiger partial charge in [0.05, 0.1) is 12.5 Å². The molecule has 1 amide bonds. The number of nitrogens with one attached hydrogen (secondary N) is 1. The fourth-order valence-corrected chi connectivity index (χ4v) is 3.64. The second kappa shape index (κ2) is 9.66. The lowest BCUT2D eigenvalue weighted by Crippen LogP contribution is -2.47. The van der Waals surface area contributed by atoms with Crippen LogP contribution in [0.5, 0.6) is 0 Å². The van der Waals surface area contributed by atoms with Gasteiger partial charge in [-0.15, -0.1) is 0 Å². The fourth-order valence-electron chi connectivity index (χ4n) is 3.64. The number of halogens is 1. The lowest BCUT2D eigenvalue weighted by atomic mass is 9.79. The summed E-state index contributed by atoms with van der Waals surface area (Å²) in [6.45, 7) is 3.25. The minimum Gasteiger partial charge on any atom is -0.467 e. The zero-order chi connectivity index (χ0) is 20.7. The van der Waals surface area contributed by atoms with Crippen LogP contribution in [0.3, 0.4) is 0 Å². The van der Waals surface area contributed by atoms with E-state index in [4.69, 9.17) is 9.47 Å². The minimum atomic E-state index is -0.855. The van der Waals surface area contributed by atoms with E-state index in [9.17, 15) is 18.8 Å². The van der Waals surface area contributed by atoms with E-state index < -0.39 is 35.9 Å². The molecule has 6 nitrogen and oxygen atoms in total. The van der Waals surface area contributed by atoms with E-state index in [1.165, 1.54) is 19.2 Å². The number of methoxy groups -OCH3 is 1. The van der Waals surface area contributed by atoms with E-state index in [1.807, 2.05) is 13.8 Å². The third kappa shape index (κ3) is 4.88. The smallest absolute Gasteiger partial charge is 0.328 e. The van der Waals surface area contributed by atoms with Crippen LogP contribution in [0, 0.1) is 11.7 Å².